The van der Waals surface area contributed by atoms with E-state index in [9.17, 15) is 9.59 Å². The zero-order valence-electron chi connectivity index (χ0n) is 18.4. The molecule has 3 rings (SSSR count). The number of rotatable bonds is 10. The molecule has 1 N–H and O–H groups in total. The Hall–Kier alpha value is -3.66. The van der Waals surface area contributed by atoms with Crippen LogP contribution in [0, 0.1) is 0 Å². The van der Waals surface area contributed by atoms with Crippen molar-refractivity contribution in [1.29, 1.82) is 0 Å². The summed E-state index contributed by atoms with van der Waals surface area (Å²) >= 11 is 0. The van der Waals surface area contributed by atoms with Gasteiger partial charge in [-0.2, -0.15) is 0 Å². The van der Waals surface area contributed by atoms with Crippen LogP contribution in [-0.2, 0) is 19.7 Å². The van der Waals surface area contributed by atoms with E-state index in [1.54, 1.807) is 6.08 Å². The molecule has 0 heterocycles. The third-order valence-electron chi connectivity index (χ3n) is 5.71. The van der Waals surface area contributed by atoms with Gasteiger partial charge in [-0.25, -0.2) is 4.79 Å². The van der Waals surface area contributed by atoms with Gasteiger partial charge in [0.25, 0.3) is 0 Å². The maximum atomic E-state index is 13.4. The fourth-order valence-electron chi connectivity index (χ4n) is 4.14. The van der Waals surface area contributed by atoms with E-state index in [2.05, 4.69) is 11.9 Å². The lowest BCUT2D eigenvalue weighted by atomic mass is 9.67. The SMILES string of the molecule is C=CCC[C@@H](NC(=O)CC(c1ccccc1)(c1ccccc1)c1ccccc1)C(=O)OC. The summed E-state index contributed by atoms with van der Waals surface area (Å²) in [5.41, 5.74) is 2.31. The van der Waals surface area contributed by atoms with E-state index < -0.39 is 17.4 Å². The van der Waals surface area contributed by atoms with Gasteiger partial charge in [0.15, 0.2) is 0 Å². The Kier molecular flexibility index (Phi) is 7.98. The lowest BCUT2D eigenvalue weighted by molar-refractivity contribution is -0.145. The normalized spacial score (nSPS) is 11.9. The topological polar surface area (TPSA) is 55.4 Å². The maximum Gasteiger partial charge on any atom is 0.328 e. The van der Waals surface area contributed by atoms with Crippen molar-refractivity contribution < 1.29 is 14.3 Å². The molecule has 0 aliphatic rings. The number of carbonyl (C=O) groups is 2. The number of carbonyl (C=O) groups excluding carboxylic acids is 2. The minimum atomic E-state index is -0.717. The lowest BCUT2D eigenvalue weighted by Crippen LogP contribution is -2.44. The molecule has 0 fully saturated rings. The molecule has 1 atom stereocenters. The molecule has 0 spiro atoms. The third kappa shape index (κ3) is 5.14. The molecule has 4 heteroatoms. The Morgan fingerprint density at radius 3 is 1.69 bits per heavy atom. The Balaban J connectivity index is 2.07. The first-order chi connectivity index (χ1) is 15.6. The van der Waals surface area contributed by atoms with Crippen molar-refractivity contribution in [2.24, 2.45) is 0 Å². The van der Waals surface area contributed by atoms with Crippen molar-refractivity contribution in [2.75, 3.05) is 7.11 Å². The summed E-state index contributed by atoms with van der Waals surface area (Å²) in [4.78, 5) is 25.7. The van der Waals surface area contributed by atoms with Crippen LogP contribution >= 0.6 is 0 Å². The second-order valence-corrected chi connectivity index (χ2v) is 7.69. The number of methoxy groups -OCH3 is 1. The number of amides is 1. The van der Waals surface area contributed by atoms with Gasteiger partial charge in [0.05, 0.1) is 12.5 Å². The van der Waals surface area contributed by atoms with Gasteiger partial charge < -0.3 is 10.1 Å². The van der Waals surface area contributed by atoms with E-state index in [1.165, 1.54) is 7.11 Å². The van der Waals surface area contributed by atoms with E-state index in [0.29, 0.717) is 12.8 Å². The van der Waals surface area contributed by atoms with E-state index in [4.69, 9.17) is 4.74 Å². The van der Waals surface area contributed by atoms with E-state index >= 15 is 0 Å². The summed E-state index contributed by atoms with van der Waals surface area (Å²) in [6.07, 6.45) is 2.91. The highest BCUT2D eigenvalue weighted by Gasteiger charge is 2.39. The predicted octanol–water partition coefficient (Wildman–Crippen LogP) is 5.04. The largest absolute Gasteiger partial charge is 0.467 e. The summed E-state index contributed by atoms with van der Waals surface area (Å²) < 4.78 is 4.91. The van der Waals surface area contributed by atoms with Gasteiger partial charge >= 0.3 is 5.97 Å². The lowest BCUT2D eigenvalue weighted by Gasteiger charge is -2.36. The van der Waals surface area contributed by atoms with Crippen molar-refractivity contribution in [2.45, 2.75) is 30.7 Å². The highest BCUT2D eigenvalue weighted by atomic mass is 16.5. The molecule has 32 heavy (non-hydrogen) atoms. The van der Waals surface area contributed by atoms with E-state index in [0.717, 1.165) is 16.7 Å². The van der Waals surface area contributed by atoms with E-state index in [-0.39, 0.29) is 12.3 Å². The number of hydrogen-bond acceptors (Lipinski definition) is 3. The maximum absolute atomic E-state index is 13.4. The minimum Gasteiger partial charge on any atom is -0.467 e. The van der Waals surface area contributed by atoms with Crippen LogP contribution in [0.25, 0.3) is 0 Å². The standard InChI is InChI=1S/C28H29NO3/c1-3-4-20-25(27(31)32-2)29-26(30)21-28(22-14-8-5-9-15-22,23-16-10-6-11-17-23)24-18-12-7-13-19-24/h3,5-19,25H,1,4,20-21H2,2H3,(H,29,30)/t25-/m1/s1. The number of allylic oxidation sites excluding steroid dienone is 1. The van der Waals surface area contributed by atoms with Crippen LogP contribution < -0.4 is 5.32 Å². The molecule has 0 aliphatic carbocycles. The fourth-order valence-corrected chi connectivity index (χ4v) is 4.14. The number of nitrogens with one attached hydrogen (secondary N) is 1. The zero-order valence-corrected chi connectivity index (χ0v) is 18.4. The second kappa shape index (κ2) is 11.1. The summed E-state index contributed by atoms with van der Waals surface area (Å²) in [5, 5.41) is 2.91. The van der Waals surface area contributed by atoms with Crippen LogP contribution in [0.1, 0.15) is 36.0 Å². The summed E-state index contributed by atoms with van der Waals surface area (Å²) in [5.74, 6) is -0.675. The van der Waals surface area contributed by atoms with Gasteiger partial charge in [0.2, 0.25) is 5.91 Å². The highest BCUT2D eigenvalue weighted by Crippen LogP contribution is 2.42. The van der Waals surface area contributed by atoms with Gasteiger partial charge in [-0.1, -0.05) is 97.1 Å². The number of hydrogen-bond donors (Lipinski definition) is 1. The molecular weight excluding hydrogens is 398 g/mol. The quantitative estimate of drug-likeness (QED) is 0.280. The van der Waals surface area contributed by atoms with Gasteiger partial charge in [-0.3, -0.25) is 4.79 Å². The first-order valence-electron chi connectivity index (χ1n) is 10.8. The third-order valence-corrected chi connectivity index (χ3v) is 5.71. The number of ether oxygens (including phenoxy) is 1. The predicted molar refractivity (Wildman–Crippen MR) is 127 cm³/mol. The Labute approximate surface area is 189 Å². The van der Waals surface area contributed by atoms with Gasteiger partial charge in [0, 0.05) is 6.42 Å². The first kappa shape index (κ1) is 23.0. The molecule has 0 saturated carbocycles. The zero-order chi connectivity index (χ0) is 22.8. The Morgan fingerprint density at radius 1 is 0.875 bits per heavy atom. The molecule has 4 nitrogen and oxygen atoms in total. The molecule has 164 valence electrons. The second-order valence-electron chi connectivity index (χ2n) is 7.69. The molecule has 3 aromatic rings. The Morgan fingerprint density at radius 2 is 1.31 bits per heavy atom. The minimum absolute atomic E-state index is 0.145. The van der Waals surface area contributed by atoms with Crippen LogP contribution in [0.5, 0.6) is 0 Å². The van der Waals surface area contributed by atoms with Crippen molar-refractivity contribution in [3.63, 3.8) is 0 Å². The monoisotopic (exact) mass is 427 g/mol. The molecular formula is C28H29NO3. The summed E-state index contributed by atoms with van der Waals surface area (Å²) in [6.45, 7) is 3.71. The molecule has 3 aromatic carbocycles. The molecule has 1 amide bonds. The van der Waals surface area contributed by atoms with Crippen LogP contribution in [0.15, 0.2) is 104 Å². The van der Waals surface area contributed by atoms with Gasteiger partial charge in [0.1, 0.15) is 6.04 Å². The molecule has 0 aliphatic heterocycles. The highest BCUT2D eigenvalue weighted by molar-refractivity contribution is 5.86. The molecule has 0 radical (unpaired) electrons. The van der Waals surface area contributed by atoms with Crippen LogP contribution in [0.3, 0.4) is 0 Å². The van der Waals surface area contributed by atoms with Crippen LogP contribution in [0.2, 0.25) is 0 Å². The average Bonchev–Trinajstić information content (AvgIpc) is 2.86. The molecule has 0 unspecified atom stereocenters. The van der Waals surface area contributed by atoms with Gasteiger partial charge in [-0.15, -0.1) is 6.58 Å². The summed E-state index contributed by atoms with van der Waals surface area (Å²) in [6, 6.07) is 29.3. The van der Waals surface area contributed by atoms with Crippen LogP contribution in [-0.4, -0.2) is 25.0 Å². The molecule has 0 saturated heterocycles. The van der Waals surface area contributed by atoms with Gasteiger partial charge in [-0.05, 0) is 29.5 Å². The van der Waals surface area contributed by atoms with Crippen molar-refractivity contribution in [1.82, 2.24) is 5.32 Å². The first-order valence-corrected chi connectivity index (χ1v) is 10.8. The number of benzene rings is 3. The Bertz CT molecular complexity index is 920. The van der Waals surface area contributed by atoms with Crippen molar-refractivity contribution in [3.8, 4) is 0 Å². The summed E-state index contributed by atoms with van der Waals surface area (Å²) in [7, 11) is 1.33. The van der Waals surface area contributed by atoms with E-state index in [1.807, 2.05) is 91.0 Å². The molecule has 0 bridgehead atoms. The molecule has 0 aromatic heterocycles. The van der Waals surface area contributed by atoms with Crippen molar-refractivity contribution >= 4 is 11.9 Å². The average molecular weight is 428 g/mol. The van der Waals surface area contributed by atoms with Crippen molar-refractivity contribution in [3.05, 3.63) is 120 Å². The smallest absolute Gasteiger partial charge is 0.328 e. The fraction of sp³-hybridized carbons (Fsp3) is 0.214. The van der Waals surface area contributed by atoms with Crippen LogP contribution in [0.4, 0.5) is 0 Å². The number of esters is 1.